The van der Waals surface area contributed by atoms with Crippen molar-refractivity contribution in [3.8, 4) is 17.3 Å². The van der Waals surface area contributed by atoms with E-state index in [0.717, 1.165) is 5.56 Å². The normalized spacial score (nSPS) is 10.1. The maximum atomic E-state index is 12.2. The molecule has 1 aromatic carbocycles. The van der Waals surface area contributed by atoms with Crippen LogP contribution in [0.4, 0.5) is 0 Å². The highest BCUT2D eigenvalue weighted by Gasteiger charge is 2.19. The number of nitrogens with zero attached hydrogens (tertiary/aromatic N) is 2. The van der Waals surface area contributed by atoms with E-state index in [4.69, 9.17) is 9.84 Å². The number of thioether (sulfide) groups is 1. The van der Waals surface area contributed by atoms with Crippen LogP contribution in [0.1, 0.15) is 22.8 Å². The molecule has 0 unspecified atom stereocenters. The van der Waals surface area contributed by atoms with Crippen molar-refractivity contribution in [1.82, 2.24) is 4.98 Å². The first-order chi connectivity index (χ1) is 11.2. The topological polar surface area (TPSA) is 83.2 Å². The Hall–Kier alpha value is -2.36. The van der Waals surface area contributed by atoms with E-state index in [1.807, 2.05) is 36.4 Å². The summed E-state index contributed by atoms with van der Waals surface area (Å²) in [7, 11) is 0. The molecule has 0 atom stereocenters. The number of benzene rings is 1. The van der Waals surface area contributed by atoms with Gasteiger partial charge in [0.05, 0.1) is 30.0 Å². The predicted molar refractivity (Wildman–Crippen MR) is 88.2 cm³/mol. The van der Waals surface area contributed by atoms with Gasteiger partial charge in [0.15, 0.2) is 0 Å². The molecule has 0 radical (unpaired) electrons. The molecule has 118 valence electrons. The summed E-state index contributed by atoms with van der Waals surface area (Å²) in [4.78, 5) is 16.7. The molecule has 0 aliphatic rings. The fraction of sp³-hybridized carbons (Fsp3) is 0.235. The van der Waals surface area contributed by atoms with Crippen LogP contribution in [0.15, 0.2) is 41.4 Å². The third-order valence-electron chi connectivity index (χ3n) is 2.98. The van der Waals surface area contributed by atoms with Crippen molar-refractivity contribution in [2.45, 2.75) is 11.9 Å². The van der Waals surface area contributed by atoms with Gasteiger partial charge < -0.3 is 9.84 Å². The Balaban J connectivity index is 2.59. The van der Waals surface area contributed by atoms with Crippen LogP contribution in [-0.2, 0) is 4.74 Å². The number of carbonyl (C=O) groups excluding carboxylic acids is 1. The van der Waals surface area contributed by atoms with Crippen molar-refractivity contribution < 1.29 is 14.6 Å². The van der Waals surface area contributed by atoms with Gasteiger partial charge in [-0.1, -0.05) is 30.3 Å². The monoisotopic (exact) mass is 328 g/mol. The number of ether oxygens (including phenoxy) is 1. The number of rotatable bonds is 6. The largest absolute Gasteiger partial charge is 0.462 e. The van der Waals surface area contributed by atoms with Crippen LogP contribution < -0.4 is 0 Å². The first-order valence-corrected chi connectivity index (χ1v) is 8.11. The maximum absolute atomic E-state index is 12.2. The van der Waals surface area contributed by atoms with Crippen molar-refractivity contribution >= 4 is 17.7 Å². The van der Waals surface area contributed by atoms with Crippen LogP contribution in [0.5, 0.6) is 0 Å². The van der Waals surface area contributed by atoms with Crippen molar-refractivity contribution in [1.29, 1.82) is 5.26 Å². The van der Waals surface area contributed by atoms with E-state index in [0.29, 0.717) is 22.0 Å². The highest BCUT2D eigenvalue weighted by Crippen LogP contribution is 2.29. The van der Waals surface area contributed by atoms with Crippen LogP contribution in [0, 0.1) is 11.3 Å². The highest BCUT2D eigenvalue weighted by molar-refractivity contribution is 7.99. The Morgan fingerprint density at radius 1 is 1.39 bits per heavy atom. The third kappa shape index (κ3) is 4.09. The predicted octanol–water partition coefficient (Wildman–Crippen LogP) is 2.88. The van der Waals surface area contributed by atoms with Crippen LogP contribution in [0.2, 0.25) is 0 Å². The molecular formula is C17H16N2O3S. The van der Waals surface area contributed by atoms with Gasteiger partial charge >= 0.3 is 5.97 Å². The quantitative estimate of drug-likeness (QED) is 0.648. The number of hydrogen-bond donors (Lipinski definition) is 1. The lowest BCUT2D eigenvalue weighted by Gasteiger charge is -2.11. The standard InChI is InChI=1S/C17H16N2O3S/c1-2-22-17(21)14-10-13(11-18)16(23-9-8-20)19-15(14)12-6-4-3-5-7-12/h3-7,10,20H,2,8-9H2,1H3. The maximum Gasteiger partial charge on any atom is 0.340 e. The number of esters is 1. The smallest absolute Gasteiger partial charge is 0.340 e. The number of aliphatic hydroxyl groups excluding tert-OH is 1. The highest BCUT2D eigenvalue weighted by atomic mass is 32.2. The van der Waals surface area contributed by atoms with E-state index >= 15 is 0 Å². The minimum Gasteiger partial charge on any atom is -0.462 e. The molecule has 23 heavy (non-hydrogen) atoms. The number of pyridine rings is 1. The summed E-state index contributed by atoms with van der Waals surface area (Å²) in [6.45, 7) is 1.96. The Morgan fingerprint density at radius 3 is 2.74 bits per heavy atom. The van der Waals surface area contributed by atoms with Gasteiger partial charge in [0, 0.05) is 11.3 Å². The molecule has 2 aromatic rings. The molecule has 0 aliphatic carbocycles. The van der Waals surface area contributed by atoms with Crippen LogP contribution >= 0.6 is 11.8 Å². The Bertz CT molecular complexity index is 727. The molecule has 0 saturated heterocycles. The van der Waals surface area contributed by atoms with Crippen molar-refractivity contribution in [2.75, 3.05) is 19.0 Å². The van der Waals surface area contributed by atoms with Gasteiger partial charge in [0.2, 0.25) is 0 Å². The third-order valence-corrected chi connectivity index (χ3v) is 3.95. The van der Waals surface area contributed by atoms with E-state index in [9.17, 15) is 10.1 Å². The average Bonchev–Trinajstić information content (AvgIpc) is 2.60. The summed E-state index contributed by atoms with van der Waals surface area (Å²) in [5.41, 5.74) is 1.81. The van der Waals surface area contributed by atoms with Gasteiger partial charge in [0.1, 0.15) is 11.1 Å². The summed E-state index contributed by atoms with van der Waals surface area (Å²) in [5.74, 6) is -0.0802. The lowest BCUT2D eigenvalue weighted by Crippen LogP contribution is -2.09. The van der Waals surface area contributed by atoms with E-state index in [-0.39, 0.29) is 18.8 Å². The molecule has 2 rings (SSSR count). The van der Waals surface area contributed by atoms with Gasteiger partial charge in [-0.15, -0.1) is 11.8 Å². The molecule has 1 N–H and O–H groups in total. The molecule has 0 fully saturated rings. The zero-order valence-corrected chi connectivity index (χ0v) is 13.5. The number of hydrogen-bond acceptors (Lipinski definition) is 6. The number of carbonyl (C=O) groups is 1. The van der Waals surface area contributed by atoms with E-state index in [2.05, 4.69) is 4.98 Å². The van der Waals surface area contributed by atoms with Gasteiger partial charge in [-0.25, -0.2) is 9.78 Å². The Morgan fingerprint density at radius 2 is 2.13 bits per heavy atom. The van der Waals surface area contributed by atoms with Gasteiger partial charge in [-0.2, -0.15) is 5.26 Å². The molecule has 1 aromatic heterocycles. The summed E-state index contributed by atoms with van der Waals surface area (Å²) >= 11 is 1.28. The second kappa shape index (κ2) is 8.32. The van der Waals surface area contributed by atoms with Crippen molar-refractivity contribution in [3.05, 3.63) is 47.5 Å². The van der Waals surface area contributed by atoms with E-state index < -0.39 is 5.97 Å². The molecule has 0 saturated carbocycles. The van der Waals surface area contributed by atoms with Crippen LogP contribution in [0.25, 0.3) is 11.3 Å². The minimum absolute atomic E-state index is 0.0164. The molecule has 0 aliphatic heterocycles. The Kier molecular flexibility index (Phi) is 6.15. The Labute approximate surface area is 138 Å². The average molecular weight is 328 g/mol. The molecule has 0 bridgehead atoms. The van der Waals surface area contributed by atoms with Gasteiger partial charge in [0.25, 0.3) is 0 Å². The van der Waals surface area contributed by atoms with E-state index in [1.165, 1.54) is 17.8 Å². The van der Waals surface area contributed by atoms with Crippen LogP contribution in [0.3, 0.4) is 0 Å². The second-order valence-corrected chi connectivity index (χ2v) is 5.59. The first kappa shape index (κ1) is 17.0. The number of aromatic nitrogens is 1. The molecule has 6 heteroatoms. The minimum atomic E-state index is -0.505. The summed E-state index contributed by atoms with van der Waals surface area (Å²) in [5, 5.41) is 18.8. The summed E-state index contributed by atoms with van der Waals surface area (Å²) < 4.78 is 5.08. The zero-order chi connectivity index (χ0) is 16.7. The molecule has 0 amide bonds. The van der Waals surface area contributed by atoms with Gasteiger partial charge in [-0.05, 0) is 13.0 Å². The van der Waals surface area contributed by atoms with E-state index in [1.54, 1.807) is 6.92 Å². The fourth-order valence-electron chi connectivity index (χ4n) is 2.01. The molecule has 1 heterocycles. The zero-order valence-electron chi connectivity index (χ0n) is 12.7. The number of nitriles is 1. The second-order valence-electron chi connectivity index (χ2n) is 4.51. The van der Waals surface area contributed by atoms with Crippen LogP contribution in [-0.4, -0.2) is 35.0 Å². The fourth-order valence-corrected chi connectivity index (χ4v) is 2.71. The lowest BCUT2D eigenvalue weighted by molar-refractivity contribution is 0.0526. The van der Waals surface area contributed by atoms with Gasteiger partial charge in [-0.3, -0.25) is 0 Å². The molecular weight excluding hydrogens is 312 g/mol. The van der Waals surface area contributed by atoms with Crippen molar-refractivity contribution in [2.24, 2.45) is 0 Å². The van der Waals surface area contributed by atoms with Crippen molar-refractivity contribution in [3.63, 3.8) is 0 Å². The lowest BCUT2D eigenvalue weighted by atomic mass is 10.0. The molecule has 5 nitrogen and oxygen atoms in total. The molecule has 0 spiro atoms. The summed E-state index contributed by atoms with van der Waals surface area (Å²) in [6.07, 6.45) is 0. The first-order valence-electron chi connectivity index (χ1n) is 7.12. The number of aliphatic hydroxyl groups is 1. The SMILES string of the molecule is CCOC(=O)c1cc(C#N)c(SCCO)nc1-c1ccccc1. The summed E-state index contributed by atoms with van der Waals surface area (Å²) in [6, 6.07) is 12.8.